The number of carbonyl (C=O) groups is 6. The average Bonchev–Trinajstić information content (AvgIpc) is 2.88. The van der Waals surface area contributed by atoms with Crippen LogP contribution < -0.4 is 32.7 Å². The Labute approximate surface area is 235 Å². The van der Waals surface area contributed by atoms with E-state index in [4.69, 9.17) is 11.5 Å². The first-order chi connectivity index (χ1) is 19.1. The Kier molecular flexibility index (Phi) is 13.6. The maximum absolute atomic E-state index is 13.2. The monoisotopic (exact) mass is 582 g/mol. The van der Waals surface area contributed by atoms with E-state index < -0.39 is 84.3 Å². The van der Waals surface area contributed by atoms with Crippen LogP contribution in [-0.4, -0.2) is 98.3 Å². The van der Waals surface area contributed by atoms with Crippen molar-refractivity contribution in [2.24, 2.45) is 11.5 Å². The number of aromatic hydroxyl groups is 1. The second-order valence-corrected chi connectivity index (χ2v) is 9.47. The van der Waals surface area contributed by atoms with E-state index in [1.807, 2.05) is 0 Å². The van der Waals surface area contributed by atoms with E-state index in [-0.39, 0.29) is 18.6 Å². The fraction of sp³-hybridized carbons (Fsp3) is 0.520. The molecule has 0 saturated carbocycles. The molecule has 41 heavy (non-hydrogen) atoms. The number of amides is 5. The SMILES string of the molecule is CCC(N)C(=O)N[C@H](C(=O)N[C@@H](CC(N)=O)C(=O)N[C@@H](Cc1ccc(O)cc1)C(=O)N[C@H](C(=O)O)[C@@H](C)O)[C@@H](C)O. The summed E-state index contributed by atoms with van der Waals surface area (Å²) in [6, 6.07) is -1.95. The molecule has 0 bridgehead atoms. The average molecular weight is 583 g/mol. The lowest BCUT2D eigenvalue weighted by Gasteiger charge is -2.27. The number of phenolic OH excluding ortho intramolecular Hbond substituents is 1. The van der Waals surface area contributed by atoms with E-state index in [9.17, 15) is 49.2 Å². The number of carbonyl (C=O) groups excluding carboxylic acids is 5. The van der Waals surface area contributed by atoms with Gasteiger partial charge in [-0.1, -0.05) is 19.1 Å². The van der Waals surface area contributed by atoms with Crippen molar-refractivity contribution in [1.82, 2.24) is 21.3 Å². The summed E-state index contributed by atoms with van der Waals surface area (Å²) in [4.78, 5) is 74.5. The number of hydrogen-bond donors (Lipinski definition) is 10. The number of aliphatic hydroxyl groups is 2. The summed E-state index contributed by atoms with van der Waals surface area (Å²) in [5.74, 6) is -6.55. The highest BCUT2D eigenvalue weighted by Crippen LogP contribution is 2.12. The van der Waals surface area contributed by atoms with Crippen molar-refractivity contribution in [2.75, 3.05) is 0 Å². The number of aliphatic carboxylic acids is 1. The minimum absolute atomic E-state index is 0.0808. The van der Waals surface area contributed by atoms with Crippen LogP contribution in [0.2, 0.25) is 0 Å². The zero-order chi connectivity index (χ0) is 31.4. The molecule has 1 rings (SSSR count). The molecule has 0 aliphatic carbocycles. The van der Waals surface area contributed by atoms with Gasteiger partial charge in [0.05, 0.1) is 24.7 Å². The summed E-state index contributed by atoms with van der Waals surface area (Å²) in [5.41, 5.74) is 11.3. The molecule has 0 spiro atoms. The van der Waals surface area contributed by atoms with Gasteiger partial charge < -0.3 is 53.2 Å². The molecule has 1 aromatic rings. The van der Waals surface area contributed by atoms with E-state index >= 15 is 0 Å². The van der Waals surface area contributed by atoms with Crippen LogP contribution in [0, 0.1) is 0 Å². The fourth-order valence-corrected chi connectivity index (χ4v) is 3.51. The summed E-state index contributed by atoms with van der Waals surface area (Å²) in [6.45, 7) is 3.96. The van der Waals surface area contributed by atoms with Gasteiger partial charge in [-0.15, -0.1) is 0 Å². The lowest BCUT2D eigenvalue weighted by molar-refractivity contribution is -0.145. The molecule has 1 aromatic carbocycles. The molecular weight excluding hydrogens is 544 g/mol. The first-order valence-corrected chi connectivity index (χ1v) is 12.7. The van der Waals surface area contributed by atoms with Crippen molar-refractivity contribution in [3.63, 3.8) is 0 Å². The molecule has 0 radical (unpaired) electrons. The maximum Gasteiger partial charge on any atom is 0.328 e. The standard InChI is InChI=1S/C25H38N6O10/c1-4-15(26)21(36)30-19(11(2)32)24(39)29-17(10-18(27)35)22(37)28-16(9-13-5-7-14(34)8-6-13)23(38)31-20(12(3)33)25(40)41/h5-8,11-12,15-17,19-20,32-34H,4,9-10,26H2,1-3H3,(H2,27,35)(H,28,37)(H,29,39)(H,30,36)(H,31,38)(H,40,41)/t11-,12-,15?,16+,17+,19+,20+/m1/s1. The Balaban J connectivity index is 3.25. The Bertz CT molecular complexity index is 1090. The zero-order valence-corrected chi connectivity index (χ0v) is 22.9. The second kappa shape index (κ2) is 16.1. The number of phenols is 1. The van der Waals surface area contributed by atoms with Gasteiger partial charge in [-0.2, -0.15) is 0 Å². The number of benzene rings is 1. The number of rotatable bonds is 16. The molecule has 16 nitrogen and oxygen atoms in total. The minimum Gasteiger partial charge on any atom is -0.508 e. The molecule has 0 heterocycles. The molecule has 5 amide bonds. The van der Waals surface area contributed by atoms with Gasteiger partial charge in [0.15, 0.2) is 6.04 Å². The number of aliphatic hydroxyl groups excluding tert-OH is 2. The third-order valence-corrected chi connectivity index (χ3v) is 5.93. The molecule has 12 N–H and O–H groups in total. The Hall–Kier alpha value is -4.28. The highest BCUT2D eigenvalue weighted by molar-refractivity contribution is 5.97. The highest BCUT2D eigenvalue weighted by atomic mass is 16.4. The van der Waals surface area contributed by atoms with E-state index in [0.29, 0.717) is 5.56 Å². The summed E-state index contributed by atoms with van der Waals surface area (Å²) in [5, 5.41) is 47.6. The number of primary amides is 1. The Morgan fingerprint density at radius 2 is 1.27 bits per heavy atom. The van der Waals surface area contributed by atoms with Gasteiger partial charge in [-0.25, -0.2) is 4.79 Å². The lowest BCUT2D eigenvalue weighted by Crippen LogP contribution is -2.61. The molecule has 16 heteroatoms. The van der Waals surface area contributed by atoms with Gasteiger partial charge >= 0.3 is 5.97 Å². The lowest BCUT2D eigenvalue weighted by atomic mass is 10.0. The smallest absolute Gasteiger partial charge is 0.328 e. The molecule has 0 aliphatic rings. The predicted octanol–water partition coefficient (Wildman–Crippen LogP) is -3.67. The highest BCUT2D eigenvalue weighted by Gasteiger charge is 2.34. The van der Waals surface area contributed by atoms with Gasteiger partial charge in [-0.05, 0) is 38.0 Å². The van der Waals surface area contributed by atoms with E-state index in [1.165, 1.54) is 31.2 Å². The zero-order valence-electron chi connectivity index (χ0n) is 22.9. The first-order valence-electron chi connectivity index (χ1n) is 12.7. The quantitative estimate of drug-likeness (QED) is 0.0906. The number of carboxylic acids is 1. The fourth-order valence-electron chi connectivity index (χ4n) is 3.51. The van der Waals surface area contributed by atoms with Crippen LogP contribution in [0.15, 0.2) is 24.3 Å². The predicted molar refractivity (Wildman–Crippen MR) is 143 cm³/mol. The molecule has 7 atom stereocenters. The van der Waals surface area contributed by atoms with Crippen LogP contribution in [0.5, 0.6) is 5.75 Å². The van der Waals surface area contributed by atoms with Gasteiger partial charge in [0.2, 0.25) is 29.5 Å². The van der Waals surface area contributed by atoms with Crippen molar-refractivity contribution in [3.8, 4) is 5.75 Å². The number of hydrogen-bond acceptors (Lipinski definition) is 10. The molecule has 1 unspecified atom stereocenters. The summed E-state index contributed by atoms with van der Waals surface area (Å²) < 4.78 is 0. The molecule has 0 fully saturated rings. The molecule has 0 saturated heterocycles. The summed E-state index contributed by atoms with van der Waals surface area (Å²) in [6.07, 6.45) is -3.69. The third-order valence-electron chi connectivity index (χ3n) is 5.93. The van der Waals surface area contributed by atoms with Gasteiger partial charge in [0.25, 0.3) is 0 Å². The summed E-state index contributed by atoms with van der Waals surface area (Å²) >= 11 is 0. The van der Waals surface area contributed by atoms with Crippen LogP contribution >= 0.6 is 0 Å². The van der Waals surface area contributed by atoms with Gasteiger partial charge in [0.1, 0.15) is 23.9 Å². The van der Waals surface area contributed by atoms with Gasteiger partial charge in [-0.3, -0.25) is 24.0 Å². The number of carboxylic acid groups (broad SMARTS) is 1. The van der Waals surface area contributed by atoms with Crippen molar-refractivity contribution in [1.29, 1.82) is 0 Å². The molecule has 228 valence electrons. The first kappa shape index (κ1) is 34.7. The van der Waals surface area contributed by atoms with E-state index in [0.717, 1.165) is 6.92 Å². The van der Waals surface area contributed by atoms with Crippen molar-refractivity contribution >= 4 is 35.5 Å². The second-order valence-electron chi connectivity index (χ2n) is 9.47. The Morgan fingerprint density at radius 1 is 0.780 bits per heavy atom. The van der Waals surface area contributed by atoms with E-state index in [1.54, 1.807) is 6.92 Å². The van der Waals surface area contributed by atoms with Crippen LogP contribution in [-0.2, 0) is 35.2 Å². The third kappa shape index (κ3) is 11.4. The van der Waals surface area contributed by atoms with Crippen molar-refractivity contribution in [2.45, 2.75) is 82.5 Å². The Morgan fingerprint density at radius 3 is 1.73 bits per heavy atom. The summed E-state index contributed by atoms with van der Waals surface area (Å²) in [7, 11) is 0. The number of nitrogens with two attached hydrogens (primary N) is 2. The molecular formula is C25H38N6O10. The van der Waals surface area contributed by atoms with Crippen molar-refractivity contribution < 1.29 is 49.2 Å². The van der Waals surface area contributed by atoms with Gasteiger partial charge in [0, 0.05) is 6.42 Å². The normalized spacial score (nSPS) is 16.0. The number of nitrogens with one attached hydrogen (secondary N) is 4. The van der Waals surface area contributed by atoms with Crippen LogP contribution in [0.4, 0.5) is 0 Å². The minimum atomic E-state index is -1.73. The molecule has 0 aliphatic heterocycles. The van der Waals surface area contributed by atoms with Crippen LogP contribution in [0.1, 0.15) is 39.2 Å². The van der Waals surface area contributed by atoms with Crippen LogP contribution in [0.3, 0.4) is 0 Å². The van der Waals surface area contributed by atoms with Crippen LogP contribution in [0.25, 0.3) is 0 Å². The largest absolute Gasteiger partial charge is 0.508 e. The van der Waals surface area contributed by atoms with E-state index in [2.05, 4.69) is 21.3 Å². The topological polar surface area (TPSA) is 284 Å². The maximum atomic E-state index is 13.2. The van der Waals surface area contributed by atoms with Crippen molar-refractivity contribution in [3.05, 3.63) is 29.8 Å². The molecule has 0 aromatic heterocycles.